The van der Waals surface area contributed by atoms with Crippen molar-refractivity contribution in [1.82, 2.24) is 0 Å². The Morgan fingerprint density at radius 2 is 2.20 bits per heavy atom. The van der Waals surface area contributed by atoms with Crippen molar-refractivity contribution < 1.29 is 19.2 Å². The smallest absolute Gasteiger partial charge is 0.338 e. The van der Waals surface area contributed by atoms with E-state index in [0.29, 0.717) is 15.5 Å². The summed E-state index contributed by atoms with van der Waals surface area (Å²) < 4.78 is 4.86. The summed E-state index contributed by atoms with van der Waals surface area (Å²) in [5.74, 6) is -1.46. The van der Waals surface area contributed by atoms with Gasteiger partial charge in [-0.3, -0.25) is 14.9 Å². The maximum absolute atomic E-state index is 12.0. The van der Waals surface area contributed by atoms with Gasteiger partial charge in [-0.05, 0) is 29.8 Å². The van der Waals surface area contributed by atoms with Crippen molar-refractivity contribution in [2.24, 2.45) is 0 Å². The molecule has 8 nitrogen and oxygen atoms in total. The second-order valence-corrected chi connectivity index (χ2v) is 6.31. The van der Waals surface area contributed by atoms with E-state index in [9.17, 15) is 19.7 Å². The van der Waals surface area contributed by atoms with Gasteiger partial charge in [0.25, 0.3) is 11.6 Å². The third-order valence-corrected chi connectivity index (χ3v) is 4.60. The minimum Gasteiger partial charge on any atom is -0.452 e. The molecule has 2 aromatic rings. The van der Waals surface area contributed by atoms with Gasteiger partial charge in [-0.1, -0.05) is 0 Å². The van der Waals surface area contributed by atoms with Crippen LogP contribution in [0.1, 0.15) is 15.9 Å². The van der Waals surface area contributed by atoms with Gasteiger partial charge in [0, 0.05) is 6.07 Å². The SMILES string of the molecule is CSc1ccc(C(=O)OCC(=O)Nc2sccc2C#N)cc1[N+](=O)[O-]. The minimum absolute atomic E-state index is 0.0221. The first-order chi connectivity index (χ1) is 12.0. The first-order valence-electron chi connectivity index (χ1n) is 6.73. The van der Waals surface area contributed by atoms with Gasteiger partial charge in [0.15, 0.2) is 6.61 Å². The van der Waals surface area contributed by atoms with E-state index in [1.807, 2.05) is 6.07 Å². The van der Waals surface area contributed by atoms with Crippen LogP contribution in [0.25, 0.3) is 0 Å². The van der Waals surface area contributed by atoms with Gasteiger partial charge in [-0.25, -0.2) is 4.79 Å². The van der Waals surface area contributed by atoms with Crippen molar-refractivity contribution in [2.75, 3.05) is 18.2 Å². The summed E-state index contributed by atoms with van der Waals surface area (Å²) in [6.07, 6.45) is 1.69. The summed E-state index contributed by atoms with van der Waals surface area (Å²) in [6.45, 7) is -0.570. The highest BCUT2D eigenvalue weighted by molar-refractivity contribution is 7.98. The number of thioether (sulfide) groups is 1. The molecule has 1 N–H and O–H groups in total. The number of nitro benzene ring substituents is 1. The fourth-order valence-corrected chi connectivity index (χ4v) is 3.13. The quantitative estimate of drug-likeness (QED) is 0.355. The van der Waals surface area contributed by atoms with Gasteiger partial charge >= 0.3 is 5.97 Å². The summed E-state index contributed by atoms with van der Waals surface area (Å²) in [5.41, 5.74) is 0.0859. The molecule has 0 atom stereocenters. The summed E-state index contributed by atoms with van der Waals surface area (Å²) in [7, 11) is 0. The highest BCUT2D eigenvalue weighted by Crippen LogP contribution is 2.28. The van der Waals surface area contributed by atoms with E-state index in [4.69, 9.17) is 10.00 Å². The van der Waals surface area contributed by atoms with Crippen LogP contribution in [0.2, 0.25) is 0 Å². The molecule has 25 heavy (non-hydrogen) atoms. The fourth-order valence-electron chi connectivity index (χ4n) is 1.83. The molecule has 1 aromatic heterocycles. The Balaban J connectivity index is 2.00. The molecule has 1 heterocycles. The van der Waals surface area contributed by atoms with Gasteiger partial charge < -0.3 is 10.1 Å². The van der Waals surface area contributed by atoms with Gasteiger partial charge in [0.1, 0.15) is 11.1 Å². The molecular weight excluding hydrogens is 366 g/mol. The van der Waals surface area contributed by atoms with E-state index in [1.165, 1.54) is 35.2 Å². The Labute approximate surface area is 150 Å². The summed E-state index contributed by atoms with van der Waals surface area (Å²) in [6, 6.07) is 7.43. The predicted octanol–water partition coefficient (Wildman–Crippen LogP) is 3.05. The lowest BCUT2D eigenvalue weighted by molar-refractivity contribution is -0.387. The number of carbonyl (C=O) groups is 2. The summed E-state index contributed by atoms with van der Waals surface area (Å²) >= 11 is 2.36. The molecule has 0 saturated heterocycles. The number of esters is 1. The molecule has 0 saturated carbocycles. The highest BCUT2D eigenvalue weighted by Gasteiger charge is 2.19. The molecule has 10 heteroatoms. The van der Waals surface area contributed by atoms with Crippen molar-refractivity contribution in [1.29, 1.82) is 5.26 Å². The number of hydrogen-bond donors (Lipinski definition) is 1. The molecule has 128 valence electrons. The lowest BCUT2D eigenvalue weighted by Crippen LogP contribution is -2.20. The van der Waals surface area contributed by atoms with Gasteiger partial charge in [0.05, 0.1) is 20.9 Å². The molecule has 0 aliphatic carbocycles. The van der Waals surface area contributed by atoms with E-state index in [0.717, 1.165) is 6.07 Å². The summed E-state index contributed by atoms with van der Waals surface area (Å²) in [5, 5.41) is 24.3. The maximum Gasteiger partial charge on any atom is 0.338 e. The number of rotatable bonds is 6. The number of thiophene rings is 1. The first-order valence-corrected chi connectivity index (χ1v) is 8.83. The van der Waals surface area contributed by atoms with E-state index < -0.39 is 23.4 Å². The molecular formula is C15H11N3O5S2. The Hall–Kier alpha value is -2.90. The molecule has 2 rings (SSSR count). The number of nitrogens with zero attached hydrogens (tertiary/aromatic N) is 2. The third-order valence-electron chi connectivity index (χ3n) is 2.98. The van der Waals surface area contributed by atoms with E-state index >= 15 is 0 Å². The predicted molar refractivity (Wildman–Crippen MR) is 92.8 cm³/mol. The topological polar surface area (TPSA) is 122 Å². The van der Waals surface area contributed by atoms with E-state index in [2.05, 4.69) is 5.32 Å². The Morgan fingerprint density at radius 1 is 1.44 bits per heavy atom. The monoisotopic (exact) mass is 377 g/mol. The average molecular weight is 377 g/mol. The van der Waals surface area contributed by atoms with Crippen LogP contribution in [-0.4, -0.2) is 29.7 Å². The standard InChI is InChI=1S/C15H11N3O5S2/c1-24-12-3-2-9(6-11(12)18(21)22)15(20)23-8-13(19)17-14-10(7-16)4-5-25-14/h2-6H,8H2,1H3,(H,17,19). The van der Waals surface area contributed by atoms with Crippen molar-refractivity contribution in [3.05, 3.63) is 50.9 Å². The molecule has 0 bridgehead atoms. The van der Waals surface area contributed by atoms with Crippen molar-refractivity contribution >= 4 is 45.7 Å². The lowest BCUT2D eigenvalue weighted by atomic mass is 10.2. The van der Waals surface area contributed by atoms with Gasteiger partial charge in [-0.15, -0.1) is 23.1 Å². The number of ether oxygens (including phenoxy) is 1. The number of nitriles is 1. The van der Waals surface area contributed by atoms with Crippen LogP contribution in [0.15, 0.2) is 34.5 Å². The van der Waals surface area contributed by atoms with Crippen LogP contribution in [0.3, 0.4) is 0 Å². The Kier molecular flexibility index (Phi) is 6.10. The number of benzene rings is 1. The molecule has 0 spiro atoms. The average Bonchev–Trinajstić information content (AvgIpc) is 3.05. The molecule has 0 unspecified atom stereocenters. The van der Waals surface area contributed by atoms with Gasteiger partial charge in [-0.2, -0.15) is 5.26 Å². The van der Waals surface area contributed by atoms with Crippen LogP contribution in [-0.2, 0) is 9.53 Å². The number of nitrogens with one attached hydrogen (secondary N) is 1. The van der Waals surface area contributed by atoms with Crippen LogP contribution in [0.4, 0.5) is 10.7 Å². The van der Waals surface area contributed by atoms with E-state index in [1.54, 1.807) is 17.7 Å². The van der Waals surface area contributed by atoms with Crippen LogP contribution >= 0.6 is 23.1 Å². The number of nitro groups is 1. The van der Waals surface area contributed by atoms with Crippen molar-refractivity contribution in [3.8, 4) is 6.07 Å². The molecule has 0 radical (unpaired) electrons. The molecule has 1 amide bonds. The second kappa shape index (κ2) is 8.27. The van der Waals surface area contributed by atoms with E-state index in [-0.39, 0.29) is 11.3 Å². The summed E-state index contributed by atoms with van der Waals surface area (Å²) in [4.78, 5) is 34.6. The first kappa shape index (κ1) is 18.4. The lowest BCUT2D eigenvalue weighted by Gasteiger charge is -2.06. The molecule has 0 aliphatic heterocycles. The number of amides is 1. The normalized spacial score (nSPS) is 9.92. The van der Waals surface area contributed by atoms with Crippen LogP contribution < -0.4 is 5.32 Å². The minimum atomic E-state index is -0.849. The molecule has 1 aromatic carbocycles. The molecule has 0 fully saturated rings. The number of carbonyl (C=O) groups excluding carboxylic acids is 2. The van der Waals surface area contributed by atoms with Crippen LogP contribution in [0.5, 0.6) is 0 Å². The zero-order chi connectivity index (χ0) is 18.4. The van der Waals surface area contributed by atoms with Gasteiger partial charge in [0.2, 0.25) is 0 Å². The number of hydrogen-bond acceptors (Lipinski definition) is 8. The van der Waals surface area contributed by atoms with Crippen molar-refractivity contribution in [3.63, 3.8) is 0 Å². The zero-order valence-corrected chi connectivity index (χ0v) is 14.5. The zero-order valence-electron chi connectivity index (χ0n) is 12.8. The maximum atomic E-state index is 12.0. The highest BCUT2D eigenvalue weighted by atomic mass is 32.2. The Morgan fingerprint density at radius 3 is 2.84 bits per heavy atom. The van der Waals surface area contributed by atoms with Crippen molar-refractivity contribution in [2.45, 2.75) is 4.90 Å². The second-order valence-electron chi connectivity index (χ2n) is 4.54. The largest absolute Gasteiger partial charge is 0.452 e. The number of anilines is 1. The van der Waals surface area contributed by atoms with Crippen LogP contribution in [0, 0.1) is 21.4 Å². The molecule has 0 aliphatic rings. The Bertz CT molecular complexity index is 872. The fraction of sp³-hybridized carbons (Fsp3) is 0.133. The third kappa shape index (κ3) is 4.56.